The summed E-state index contributed by atoms with van der Waals surface area (Å²) in [6.45, 7) is 5.52. The van der Waals surface area contributed by atoms with Crippen molar-refractivity contribution in [2.75, 3.05) is 25.5 Å². The molecule has 2 fully saturated rings. The number of rotatable bonds is 3. The molecule has 0 saturated carbocycles. The average molecular weight is 229 g/mol. The summed E-state index contributed by atoms with van der Waals surface area (Å²) in [6, 6.07) is 0.756. The molecular formula is C12H23NOS. The molecule has 2 unspecified atom stereocenters. The highest BCUT2D eigenvalue weighted by atomic mass is 32.2. The molecule has 0 aliphatic carbocycles. The van der Waals surface area contributed by atoms with E-state index in [1.165, 1.54) is 38.0 Å². The second kappa shape index (κ2) is 6.12. The number of hydrogen-bond donors (Lipinski definition) is 1. The highest BCUT2D eigenvalue weighted by Gasteiger charge is 2.22. The molecule has 0 aromatic carbocycles. The van der Waals surface area contributed by atoms with Crippen LogP contribution in [0.4, 0.5) is 0 Å². The van der Waals surface area contributed by atoms with Crippen molar-refractivity contribution >= 4 is 11.8 Å². The van der Waals surface area contributed by atoms with Crippen LogP contribution in [0.3, 0.4) is 0 Å². The van der Waals surface area contributed by atoms with E-state index in [2.05, 4.69) is 24.0 Å². The summed E-state index contributed by atoms with van der Waals surface area (Å²) in [5.74, 6) is 2.22. The van der Waals surface area contributed by atoms with Crippen LogP contribution >= 0.6 is 11.8 Å². The van der Waals surface area contributed by atoms with Gasteiger partial charge in [-0.2, -0.15) is 11.8 Å². The lowest BCUT2D eigenvalue weighted by Crippen LogP contribution is -2.42. The van der Waals surface area contributed by atoms with Crippen molar-refractivity contribution in [3.05, 3.63) is 0 Å². The summed E-state index contributed by atoms with van der Waals surface area (Å²) in [4.78, 5) is 0. The molecule has 0 radical (unpaired) electrons. The lowest BCUT2D eigenvalue weighted by atomic mass is 9.99. The SMILES string of the molecule is CC1SCCCC1NCC1CCOCC1. The van der Waals surface area contributed by atoms with E-state index in [1.54, 1.807) is 0 Å². The maximum absolute atomic E-state index is 5.38. The first kappa shape index (κ1) is 11.7. The minimum Gasteiger partial charge on any atom is -0.381 e. The second-order valence-corrected chi connectivity index (χ2v) is 6.27. The van der Waals surface area contributed by atoms with Gasteiger partial charge in [-0.05, 0) is 43.9 Å². The Balaban J connectivity index is 1.67. The van der Waals surface area contributed by atoms with Crippen LogP contribution in [0.1, 0.15) is 32.6 Å². The molecule has 88 valence electrons. The minimum atomic E-state index is 0.756. The van der Waals surface area contributed by atoms with Gasteiger partial charge in [0.2, 0.25) is 0 Å². The van der Waals surface area contributed by atoms with Crippen LogP contribution in [0.25, 0.3) is 0 Å². The number of thioether (sulfide) groups is 1. The first-order valence-corrected chi connectivity index (χ1v) is 7.34. The van der Waals surface area contributed by atoms with Crippen LogP contribution in [0.5, 0.6) is 0 Å². The summed E-state index contributed by atoms with van der Waals surface area (Å²) in [5.41, 5.74) is 0. The summed E-state index contributed by atoms with van der Waals surface area (Å²) in [5, 5.41) is 4.57. The summed E-state index contributed by atoms with van der Waals surface area (Å²) >= 11 is 2.13. The zero-order valence-electron chi connectivity index (χ0n) is 9.71. The summed E-state index contributed by atoms with van der Waals surface area (Å²) in [6.07, 6.45) is 5.26. The maximum atomic E-state index is 5.38. The third-order valence-electron chi connectivity index (χ3n) is 3.62. The zero-order chi connectivity index (χ0) is 10.5. The molecule has 2 aliphatic rings. The fourth-order valence-corrected chi connectivity index (χ4v) is 3.63. The molecule has 0 aromatic rings. The lowest BCUT2D eigenvalue weighted by molar-refractivity contribution is 0.0653. The van der Waals surface area contributed by atoms with Crippen molar-refractivity contribution in [3.8, 4) is 0 Å². The molecule has 0 spiro atoms. The molecule has 2 heterocycles. The Morgan fingerprint density at radius 3 is 2.80 bits per heavy atom. The predicted octanol–water partition coefficient (Wildman–Crippen LogP) is 2.29. The molecule has 0 aromatic heterocycles. The summed E-state index contributed by atoms with van der Waals surface area (Å²) in [7, 11) is 0. The van der Waals surface area contributed by atoms with E-state index < -0.39 is 0 Å². The molecule has 0 amide bonds. The van der Waals surface area contributed by atoms with Gasteiger partial charge in [-0.15, -0.1) is 0 Å². The monoisotopic (exact) mass is 229 g/mol. The predicted molar refractivity (Wildman–Crippen MR) is 66.5 cm³/mol. The Morgan fingerprint density at radius 2 is 2.07 bits per heavy atom. The van der Waals surface area contributed by atoms with Gasteiger partial charge in [0, 0.05) is 24.5 Å². The van der Waals surface area contributed by atoms with Crippen molar-refractivity contribution in [2.24, 2.45) is 5.92 Å². The Hall–Kier alpha value is 0.270. The van der Waals surface area contributed by atoms with Gasteiger partial charge in [-0.3, -0.25) is 0 Å². The van der Waals surface area contributed by atoms with E-state index in [4.69, 9.17) is 4.74 Å². The molecule has 2 rings (SSSR count). The average Bonchev–Trinajstić information content (AvgIpc) is 2.29. The third-order valence-corrected chi connectivity index (χ3v) is 5.00. The number of nitrogens with one attached hydrogen (secondary N) is 1. The Labute approximate surface area is 97.5 Å². The molecule has 1 N–H and O–H groups in total. The third kappa shape index (κ3) is 3.65. The molecular weight excluding hydrogens is 206 g/mol. The smallest absolute Gasteiger partial charge is 0.0469 e. The molecule has 2 nitrogen and oxygen atoms in total. The Morgan fingerprint density at radius 1 is 1.27 bits per heavy atom. The normalized spacial score (nSPS) is 34.2. The fraction of sp³-hybridized carbons (Fsp3) is 1.00. The zero-order valence-corrected chi connectivity index (χ0v) is 10.5. The molecule has 15 heavy (non-hydrogen) atoms. The van der Waals surface area contributed by atoms with Gasteiger partial charge in [0.1, 0.15) is 0 Å². The van der Waals surface area contributed by atoms with E-state index >= 15 is 0 Å². The van der Waals surface area contributed by atoms with E-state index in [0.29, 0.717) is 0 Å². The standard InChI is InChI=1S/C12H23NOS/c1-10-12(3-2-8-15-10)13-9-11-4-6-14-7-5-11/h10-13H,2-9H2,1H3. The van der Waals surface area contributed by atoms with Crippen molar-refractivity contribution < 1.29 is 4.74 Å². The first-order chi connectivity index (χ1) is 7.36. The van der Waals surface area contributed by atoms with Crippen molar-refractivity contribution in [1.82, 2.24) is 5.32 Å². The minimum absolute atomic E-state index is 0.756. The first-order valence-electron chi connectivity index (χ1n) is 6.29. The lowest BCUT2D eigenvalue weighted by Gasteiger charge is -2.31. The quantitative estimate of drug-likeness (QED) is 0.802. The topological polar surface area (TPSA) is 21.3 Å². The molecule has 2 aliphatic heterocycles. The molecule has 2 saturated heterocycles. The number of hydrogen-bond acceptors (Lipinski definition) is 3. The van der Waals surface area contributed by atoms with E-state index in [9.17, 15) is 0 Å². The van der Waals surface area contributed by atoms with Crippen LogP contribution < -0.4 is 5.32 Å². The summed E-state index contributed by atoms with van der Waals surface area (Å²) < 4.78 is 5.38. The van der Waals surface area contributed by atoms with Crippen LogP contribution in [0.2, 0.25) is 0 Å². The Kier molecular flexibility index (Phi) is 4.79. The fourth-order valence-electron chi connectivity index (χ4n) is 2.46. The van der Waals surface area contributed by atoms with E-state index in [0.717, 1.165) is 30.4 Å². The van der Waals surface area contributed by atoms with Gasteiger partial charge >= 0.3 is 0 Å². The molecule has 0 bridgehead atoms. The van der Waals surface area contributed by atoms with Gasteiger partial charge in [0.25, 0.3) is 0 Å². The maximum Gasteiger partial charge on any atom is 0.0469 e. The van der Waals surface area contributed by atoms with Crippen LogP contribution in [0.15, 0.2) is 0 Å². The van der Waals surface area contributed by atoms with Gasteiger partial charge in [-0.1, -0.05) is 6.92 Å². The van der Waals surface area contributed by atoms with E-state index in [-0.39, 0.29) is 0 Å². The highest BCUT2D eigenvalue weighted by Crippen LogP contribution is 2.25. The molecule has 3 heteroatoms. The Bertz CT molecular complexity index is 182. The van der Waals surface area contributed by atoms with Gasteiger partial charge < -0.3 is 10.1 Å². The van der Waals surface area contributed by atoms with Gasteiger partial charge in [-0.25, -0.2) is 0 Å². The second-order valence-electron chi connectivity index (χ2n) is 4.79. The molecule has 2 atom stereocenters. The van der Waals surface area contributed by atoms with Crippen molar-refractivity contribution in [2.45, 2.75) is 43.9 Å². The number of ether oxygens (including phenoxy) is 1. The van der Waals surface area contributed by atoms with Crippen molar-refractivity contribution in [3.63, 3.8) is 0 Å². The van der Waals surface area contributed by atoms with Crippen LogP contribution in [-0.2, 0) is 4.74 Å². The van der Waals surface area contributed by atoms with Gasteiger partial charge in [0.15, 0.2) is 0 Å². The largest absolute Gasteiger partial charge is 0.381 e. The highest BCUT2D eigenvalue weighted by molar-refractivity contribution is 7.99. The van der Waals surface area contributed by atoms with Crippen molar-refractivity contribution in [1.29, 1.82) is 0 Å². The van der Waals surface area contributed by atoms with E-state index in [1.807, 2.05) is 0 Å². The van der Waals surface area contributed by atoms with Crippen LogP contribution in [-0.4, -0.2) is 36.8 Å². The van der Waals surface area contributed by atoms with Gasteiger partial charge in [0.05, 0.1) is 0 Å². The van der Waals surface area contributed by atoms with Crippen LogP contribution in [0, 0.1) is 5.92 Å².